The maximum Gasteiger partial charge on any atom is 0.227 e. The molecule has 1 unspecified atom stereocenters. The average Bonchev–Trinajstić information content (AvgIpc) is 2.63. The van der Waals surface area contributed by atoms with Gasteiger partial charge < -0.3 is 10.2 Å². The first-order valence-electron chi connectivity index (χ1n) is 7.87. The molecule has 1 aliphatic heterocycles. The molecule has 0 aliphatic carbocycles. The quantitative estimate of drug-likeness (QED) is 0.864. The Morgan fingerprint density at radius 1 is 1.25 bits per heavy atom. The van der Waals surface area contributed by atoms with Gasteiger partial charge in [0.25, 0.3) is 0 Å². The van der Waals surface area contributed by atoms with E-state index in [1.165, 1.54) is 5.56 Å². The van der Waals surface area contributed by atoms with Crippen molar-refractivity contribution in [3.8, 4) is 0 Å². The molecule has 0 bridgehead atoms. The smallest absolute Gasteiger partial charge is 0.227 e. The first-order chi connectivity index (χ1) is 9.76. The van der Waals surface area contributed by atoms with Gasteiger partial charge in [-0.25, -0.2) is 0 Å². The summed E-state index contributed by atoms with van der Waals surface area (Å²) >= 11 is 0. The van der Waals surface area contributed by atoms with E-state index in [-0.39, 0.29) is 5.91 Å². The lowest BCUT2D eigenvalue weighted by Gasteiger charge is -2.28. The Morgan fingerprint density at radius 2 is 2.05 bits per heavy atom. The molecule has 0 fully saturated rings. The van der Waals surface area contributed by atoms with Crippen LogP contribution in [0.4, 0.5) is 5.69 Å². The summed E-state index contributed by atoms with van der Waals surface area (Å²) in [6.45, 7) is 6.15. The van der Waals surface area contributed by atoms with Crippen molar-refractivity contribution in [2.24, 2.45) is 0 Å². The van der Waals surface area contributed by atoms with Crippen LogP contribution in [0, 0.1) is 0 Å². The van der Waals surface area contributed by atoms with Crippen molar-refractivity contribution in [2.45, 2.75) is 52.0 Å². The Balaban J connectivity index is 2.17. The maximum atomic E-state index is 12.4. The molecule has 1 aliphatic rings. The molecule has 0 aromatic heterocycles. The van der Waals surface area contributed by atoms with Gasteiger partial charge >= 0.3 is 0 Å². The van der Waals surface area contributed by atoms with Gasteiger partial charge in [-0.05, 0) is 43.9 Å². The molecule has 2 rings (SSSR count). The summed E-state index contributed by atoms with van der Waals surface area (Å²) in [5.41, 5.74) is 2.43. The summed E-state index contributed by atoms with van der Waals surface area (Å²) in [5, 5.41) is 3.54. The monoisotopic (exact) mass is 274 g/mol. The van der Waals surface area contributed by atoms with Crippen LogP contribution >= 0.6 is 0 Å². The van der Waals surface area contributed by atoms with Crippen molar-refractivity contribution in [1.82, 2.24) is 5.32 Å². The van der Waals surface area contributed by atoms with Gasteiger partial charge in [0.1, 0.15) is 0 Å². The number of nitrogens with one attached hydrogen (secondary N) is 1. The highest BCUT2D eigenvalue weighted by Crippen LogP contribution is 2.27. The number of rotatable bonds is 6. The van der Waals surface area contributed by atoms with Gasteiger partial charge in [0, 0.05) is 24.7 Å². The predicted molar refractivity (Wildman–Crippen MR) is 84.1 cm³/mol. The van der Waals surface area contributed by atoms with Crippen LogP contribution in [0.2, 0.25) is 0 Å². The van der Waals surface area contributed by atoms with Crippen molar-refractivity contribution in [1.29, 1.82) is 0 Å². The molecule has 20 heavy (non-hydrogen) atoms. The van der Waals surface area contributed by atoms with E-state index in [4.69, 9.17) is 0 Å². The van der Waals surface area contributed by atoms with E-state index in [0.29, 0.717) is 12.5 Å². The predicted octanol–water partition coefficient (Wildman–Crippen LogP) is 3.13. The number of nitrogens with zero attached hydrogens (tertiary/aromatic N) is 1. The van der Waals surface area contributed by atoms with E-state index in [2.05, 4.69) is 37.4 Å². The zero-order valence-electron chi connectivity index (χ0n) is 12.7. The Kier molecular flexibility index (Phi) is 5.60. The number of hydrogen-bond donors (Lipinski definition) is 1. The lowest BCUT2D eigenvalue weighted by Crippen LogP contribution is -2.43. The number of amides is 1. The van der Waals surface area contributed by atoms with Gasteiger partial charge in [0.05, 0.1) is 0 Å². The number of benzene rings is 1. The number of carbonyl (C=O) groups is 1. The van der Waals surface area contributed by atoms with Gasteiger partial charge in [-0.2, -0.15) is 0 Å². The topological polar surface area (TPSA) is 32.3 Å². The number of carbonyl (C=O) groups excluding carboxylic acids is 1. The summed E-state index contributed by atoms with van der Waals surface area (Å²) in [7, 11) is 0. The van der Waals surface area contributed by atoms with E-state index < -0.39 is 0 Å². The van der Waals surface area contributed by atoms with Crippen molar-refractivity contribution in [2.75, 3.05) is 18.0 Å². The van der Waals surface area contributed by atoms with E-state index in [0.717, 1.165) is 44.5 Å². The molecule has 1 N–H and O–H groups in total. The molecule has 1 aromatic rings. The van der Waals surface area contributed by atoms with Crippen LogP contribution in [0.3, 0.4) is 0 Å². The van der Waals surface area contributed by atoms with Gasteiger partial charge in [0.2, 0.25) is 5.91 Å². The van der Waals surface area contributed by atoms with E-state index >= 15 is 0 Å². The Labute approximate surface area is 122 Å². The fourth-order valence-electron chi connectivity index (χ4n) is 2.79. The molecule has 1 heterocycles. The third-order valence-corrected chi connectivity index (χ3v) is 4.00. The summed E-state index contributed by atoms with van der Waals surface area (Å²) in [4.78, 5) is 14.4. The number of anilines is 1. The summed E-state index contributed by atoms with van der Waals surface area (Å²) in [5.74, 6) is 0.270. The highest BCUT2D eigenvalue weighted by Gasteiger charge is 2.23. The molecule has 110 valence electrons. The van der Waals surface area contributed by atoms with Crippen LogP contribution in [0.1, 0.15) is 45.1 Å². The fraction of sp³-hybridized carbons (Fsp3) is 0.588. The molecular formula is C17H26N2O. The molecule has 0 spiro atoms. The molecule has 3 nitrogen and oxygen atoms in total. The lowest BCUT2D eigenvalue weighted by atomic mass is 10.1. The SMILES string of the molecule is CCCNC(CC)CN1C(=O)CCCc2ccccc21. The van der Waals surface area contributed by atoms with E-state index in [9.17, 15) is 4.79 Å². The highest BCUT2D eigenvalue weighted by atomic mass is 16.2. The normalized spacial score (nSPS) is 16.7. The minimum absolute atomic E-state index is 0.270. The number of fused-ring (bicyclic) bond motifs is 1. The standard InChI is InChI=1S/C17H26N2O/c1-3-12-18-15(4-2)13-19-16-10-6-5-8-14(16)9-7-11-17(19)20/h5-6,8,10,15,18H,3-4,7,9,11-13H2,1-2H3. The second-order valence-electron chi connectivity index (χ2n) is 5.55. The number of hydrogen-bond acceptors (Lipinski definition) is 2. The van der Waals surface area contributed by atoms with Crippen LogP contribution in [-0.2, 0) is 11.2 Å². The maximum absolute atomic E-state index is 12.4. The van der Waals surface area contributed by atoms with Crippen LogP contribution in [-0.4, -0.2) is 25.0 Å². The summed E-state index contributed by atoms with van der Waals surface area (Å²) < 4.78 is 0. The largest absolute Gasteiger partial charge is 0.312 e. The van der Waals surface area contributed by atoms with Crippen molar-refractivity contribution < 1.29 is 4.79 Å². The van der Waals surface area contributed by atoms with Crippen LogP contribution in [0.15, 0.2) is 24.3 Å². The Bertz CT molecular complexity index is 444. The first-order valence-corrected chi connectivity index (χ1v) is 7.87. The second-order valence-corrected chi connectivity index (χ2v) is 5.55. The lowest BCUT2D eigenvalue weighted by molar-refractivity contribution is -0.118. The van der Waals surface area contributed by atoms with Crippen LogP contribution in [0.5, 0.6) is 0 Å². The van der Waals surface area contributed by atoms with E-state index in [1.807, 2.05) is 11.0 Å². The highest BCUT2D eigenvalue weighted by molar-refractivity contribution is 5.94. The molecule has 0 saturated carbocycles. The molecule has 0 saturated heterocycles. The van der Waals surface area contributed by atoms with Crippen molar-refractivity contribution in [3.63, 3.8) is 0 Å². The van der Waals surface area contributed by atoms with Gasteiger partial charge in [0.15, 0.2) is 0 Å². The molecular weight excluding hydrogens is 248 g/mol. The van der Waals surface area contributed by atoms with Crippen molar-refractivity contribution >= 4 is 11.6 Å². The average molecular weight is 274 g/mol. The molecule has 0 radical (unpaired) electrons. The third-order valence-electron chi connectivity index (χ3n) is 4.00. The first kappa shape index (κ1) is 15.0. The molecule has 1 atom stereocenters. The second kappa shape index (κ2) is 7.44. The third kappa shape index (κ3) is 3.60. The number of aryl methyl sites for hydroxylation is 1. The van der Waals surface area contributed by atoms with Gasteiger partial charge in [-0.15, -0.1) is 0 Å². The Morgan fingerprint density at radius 3 is 2.80 bits per heavy atom. The minimum atomic E-state index is 0.270. The van der Waals surface area contributed by atoms with Gasteiger partial charge in [-0.1, -0.05) is 32.0 Å². The molecule has 1 amide bonds. The van der Waals surface area contributed by atoms with Crippen LogP contribution < -0.4 is 10.2 Å². The summed E-state index contributed by atoms with van der Waals surface area (Å²) in [6.07, 6.45) is 4.81. The zero-order valence-corrected chi connectivity index (χ0v) is 12.7. The Hall–Kier alpha value is -1.35. The number of para-hydroxylation sites is 1. The van der Waals surface area contributed by atoms with Crippen molar-refractivity contribution in [3.05, 3.63) is 29.8 Å². The molecule has 1 aromatic carbocycles. The minimum Gasteiger partial charge on any atom is -0.312 e. The van der Waals surface area contributed by atoms with Crippen LogP contribution in [0.25, 0.3) is 0 Å². The zero-order chi connectivity index (χ0) is 14.4. The van der Waals surface area contributed by atoms with Gasteiger partial charge in [-0.3, -0.25) is 4.79 Å². The summed E-state index contributed by atoms with van der Waals surface area (Å²) in [6, 6.07) is 8.72. The fourth-order valence-corrected chi connectivity index (χ4v) is 2.79. The molecule has 3 heteroatoms. The van der Waals surface area contributed by atoms with E-state index in [1.54, 1.807) is 0 Å².